The van der Waals surface area contributed by atoms with E-state index < -0.39 is 0 Å². The molecule has 4 rings (SSSR count). The fourth-order valence-corrected chi connectivity index (χ4v) is 2.85. The fourth-order valence-electron chi connectivity index (χ4n) is 2.85. The Labute approximate surface area is 131 Å². The summed E-state index contributed by atoms with van der Waals surface area (Å²) in [6.45, 7) is 2.67. The topological polar surface area (TPSA) is 83.0 Å². The summed E-state index contributed by atoms with van der Waals surface area (Å²) in [5.74, 6) is 0.953. The van der Waals surface area contributed by atoms with Crippen LogP contribution in [-0.2, 0) is 11.3 Å². The molecule has 0 amide bonds. The van der Waals surface area contributed by atoms with E-state index in [0.29, 0.717) is 17.4 Å². The molecule has 7 nitrogen and oxygen atoms in total. The van der Waals surface area contributed by atoms with Gasteiger partial charge in [0.15, 0.2) is 5.82 Å². The van der Waals surface area contributed by atoms with Crippen molar-refractivity contribution in [2.24, 2.45) is 0 Å². The first-order valence-electron chi connectivity index (χ1n) is 7.62. The SMILES string of the molecule is Cc1nc2ccccc2n(Cc2noc([C@H]3CCCO3)n2)c1=O. The van der Waals surface area contributed by atoms with Crippen molar-refractivity contribution in [3.63, 3.8) is 0 Å². The van der Waals surface area contributed by atoms with Crippen LogP contribution in [0.2, 0.25) is 0 Å². The molecule has 0 unspecified atom stereocenters. The van der Waals surface area contributed by atoms with E-state index in [0.717, 1.165) is 30.5 Å². The number of nitrogens with zero attached hydrogens (tertiary/aromatic N) is 4. The van der Waals surface area contributed by atoms with E-state index in [1.807, 2.05) is 24.3 Å². The van der Waals surface area contributed by atoms with Gasteiger partial charge < -0.3 is 9.26 Å². The number of fused-ring (bicyclic) bond motifs is 1. The summed E-state index contributed by atoms with van der Waals surface area (Å²) in [5.41, 5.74) is 1.83. The van der Waals surface area contributed by atoms with E-state index in [1.54, 1.807) is 11.5 Å². The van der Waals surface area contributed by atoms with Crippen molar-refractivity contribution in [2.45, 2.75) is 32.4 Å². The minimum atomic E-state index is -0.146. The molecule has 0 saturated carbocycles. The van der Waals surface area contributed by atoms with E-state index in [-0.39, 0.29) is 18.2 Å². The molecule has 1 atom stereocenters. The summed E-state index contributed by atoms with van der Waals surface area (Å²) in [6.07, 6.45) is 1.76. The number of aromatic nitrogens is 4. The number of aryl methyl sites for hydroxylation is 1. The number of para-hydroxylation sites is 2. The highest BCUT2D eigenvalue weighted by Gasteiger charge is 2.24. The van der Waals surface area contributed by atoms with Crippen LogP contribution in [0.3, 0.4) is 0 Å². The fraction of sp³-hybridized carbons (Fsp3) is 0.375. The lowest BCUT2D eigenvalue weighted by Crippen LogP contribution is -2.25. The monoisotopic (exact) mass is 312 g/mol. The molecule has 1 aliphatic rings. The van der Waals surface area contributed by atoms with Gasteiger partial charge in [-0.15, -0.1) is 0 Å². The summed E-state index contributed by atoms with van der Waals surface area (Å²) >= 11 is 0. The van der Waals surface area contributed by atoms with Gasteiger partial charge >= 0.3 is 0 Å². The van der Waals surface area contributed by atoms with E-state index in [2.05, 4.69) is 15.1 Å². The number of hydrogen-bond donors (Lipinski definition) is 0. The smallest absolute Gasteiger partial charge is 0.272 e. The Balaban J connectivity index is 1.72. The van der Waals surface area contributed by atoms with Crippen LogP contribution in [0.5, 0.6) is 0 Å². The van der Waals surface area contributed by atoms with Crippen LogP contribution >= 0.6 is 0 Å². The first kappa shape index (κ1) is 14.1. The summed E-state index contributed by atoms with van der Waals surface area (Å²) in [4.78, 5) is 21.2. The second kappa shape index (κ2) is 5.58. The molecule has 0 radical (unpaired) electrons. The average molecular weight is 312 g/mol. The minimum absolute atomic E-state index is 0.121. The number of hydrogen-bond acceptors (Lipinski definition) is 6. The third-order valence-electron chi connectivity index (χ3n) is 4.00. The molecule has 0 aliphatic carbocycles. The molecule has 1 fully saturated rings. The second-order valence-electron chi connectivity index (χ2n) is 5.63. The largest absolute Gasteiger partial charge is 0.368 e. The standard InChI is InChI=1S/C16H16N4O3/c1-10-16(21)20(12-6-3-2-5-11(12)17-10)9-14-18-15(23-19-14)13-7-4-8-22-13/h2-3,5-6,13H,4,7-9H2,1H3/t13-/m1/s1. The third-order valence-corrected chi connectivity index (χ3v) is 4.00. The van der Waals surface area contributed by atoms with Gasteiger partial charge in [-0.25, -0.2) is 4.98 Å². The van der Waals surface area contributed by atoms with Gasteiger partial charge in [0, 0.05) is 6.61 Å². The van der Waals surface area contributed by atoms with Crippen molar-refractivity contribution < 1.29 is 9.26 Å². The normalized spacial score (nSPS) is 17.9. The van der Waals surface area contributed by atoms with Gasteiger partial charge in [0.2, 0.25) is 0 Å². The highest BCUT2D eigenvalue weighted by atomic mass is 16.5. The highest BCUT2D eigenvalue weighted by molar-refractivity contribution is 5.74. The maximum atomic E-state index is 12.4. The number of ether oxygens (including phenoxy) is 1. The van der Waals surface area contributed by atoms with Crippen LogP contribution in [0, 0.1) is 6.92 Å². The zero-order valence-electron chi connectivity index (χ0n) is 12.7. The molecule has 0 N–H and O–H groups in total. The molecule has 0 spiro atoms. The van der Waals surface area contributed by atoms with Crippen LogP contribution in [0.4, 0.5) is 0 Å². The van der Waals surface area contributed by atoms with Crippen molar-refractivity contribution in [3.05, 3.63) is 52.0 Å². The highest BCUT2D eigenvalue weighted by Crippen LogP contribution is 2.27. The van der Waals surface area contributed by atoms with E-state index in [1.165, 1.54) is 0 Å². The predicted molar refractivity (Wildman–Crippen MR) is 82.1 cm³/mol. The molecular formula is C16H16N4O3. The lowest BCUT2D eigenvalue weighted by Gasteiger charge is -2.08. The Morgan fingerprint density at radius 2 is 2.17 bits per heavy atom. The quantitative estimate of drug-likeness (QED) is 0.735. The summed E-state index contributed by atoms with van der Waals surface area (Å²) in [6, 6.07) is 7.52. The summed E-state index contributed by atoms with van der Waals surface area (Å²) in [7, 11) is 0. The van der Waals surface area contributed by atoms with Crippen LogP contribution in [0.25, 0.3) is 11.0 Å². The van der Waals surface area contributed by atoms with Crippen molar-refractivity contribution in [1.29, 1.82) is 0 Å². The van der Waals surface area contributed by atoms with Gasteiger partial charge in [-0.1, -0.05) is 17.3 Å². The lowest BCUT2D eigenvalue weighted by molar-refractivity contribution is 0.0835. The number of benzene rings is 1. The molecule has 1 aliphatic heterocycles. The molecule has 1 saturated heterocycles. The maximum absolute atomic E-state index is 12.4. The molecule has 7 heteroatoms. The second-order valence-corrected chi connectivity index (χ2v) is 5.63. The van der Waals surface area contributed by atoms with Crippen molar-refractivity contribution in [2.75, 3.05) is 6.61 Å². The third kappa shape index (κ3) is 2.53. The summed E-state index contributed by atoms with van der Waals surface area (Å²) < 4.78 is 12.5. The van der Waals surface area contributed by atoms with Gasteiger partial charge in [0.05, 0.1) is 17.6 Å². The molecule has 3 aromatic rings. The van der Waals surface area contributed by atoms with Crippen molar-refractivity contribution in [3.8, 4) is 0 Å². The zero-order valence-corrected chi connectivity index (χ0v) is 12.7. The Morgan fingerprint density at radius 1 is 1.30 bits per heavy atom. The van der Waals surface area contributed by atoms with Gasteiger partial charge in [-0.05, 0) is 31.9 Å². The Hall–Kier alpha value is -2.54. The molecule has 1 aromatic carbocycles. The van der Waals surface area contributed by atoms with Crippen LogP contribution in [0.1, 0.15) is 36.4 Å². The van der Waals surface area contributed by atoms with Crippen LogP contribution in [0.15, 0.2) is 33.6 Å². The van der Waals surface area contributed by atoms with Crippen LogP contribution < -0.4 is 5.56 Å². The van der Waals surface area contributed by atoms with Crippen molar-refractivity contribution in [1.82, 2.24) is 19.7 Å². The minimum Gasteiger partial charge on any atom is -0.368 e. The van der Waals surface area contributed by atoms with Gasteiger partial charge in [-0.2, -0.15) is 4.98 Å². The predicted octanol–water partition coefficient (Wildman–Crippen LogP) is 1.99. The molecular weight excluding hydrogens is 296 g/mol. The number of rotatable bonds is 3. The van der Waals surface area contributed by atoms with Gasteiger partial charge in [-0.3, -0.25) is 9.36 Å². The Morgan fingerprint density at radius 3 is 3.00 bits per heavy atom. The van der Waals surface area contributed by atoms with E-state index in [9.17, 15) is 4.79 Å². The van der Waals surface area contributed by atoms with E-state index >= 15 is 0 Å². The Kier molecular flexibility index (Phi) is 3.42. The van der Waals surface area contributed by atoms with E-state index in [4.69, 9.17) is 9.26 Å². The molecule has 0 bridgehead atoms. The molecule has 2 aromatic heterocycles. The summed E-state index contributed by atoms with van der Waals surface area (Å²) in [5, 5.41) is 3.99. The van der Waals surface area contributed by atoms with Crippen LogP contribution in [-0.4, -0.2) is 26.3 Å². The van der Waals surface area contributed by atoms with Gasteiger partial charge in [0.25, 0.3) is 11.4 Å². The van der Waals surface area contributed by atoms with Crippen molar-refractivity contribution >= 4 is 11.0 Å². The molecule has 118 valence electrons. The first-order chi connectivity index (χ1) is 11.2. The van der Waals surface area contributed by atoms with Gasteiger partial charge in [0.1, 0.15) is 11.8 Å². The lowest BCUT2D eigenvalue weighted by atomic mass is 10.2. The maximum Gasteiger partial charge on any atom is 0.272 e. The zero-order chi connectivity index (χ0) is 15.8. The molecule has 3 heterocycles. The average Bonchev–Trinajstić information content (AvgIpc) is 3.23. The Bertz CT molecular complexity index is 909. The first-order valence-corrected chi connectivity index (χ1v) is 7.62. The molecule has 23 heavy (non-hydrogen) atoms.